The molecule has 1 fully saturated rings. The van der Waals surface area contributed by atoms with E-state index >= 15 is 0 Å². The van der Waals surface area contributed by atoms with Gasteiger partial charge >= 0.3 is 12.1 Å². The van der Waals surface area contributed by atoms with E-state index in [9.17, 15) is 14.4 Å². The normalized spacial score (nSPS) is 16.5. The van der Waals surface area contributed by atoms with E-state index < -0.39 is 24.0 Å². The van der Waals surface area contributed by atoms with Gasteiger partial charge in [-0.05, 0) is 47.9 Å². The average Bonchev–Trinajstić information content (AvgIpc) is 3.55. The molecule has 4 rings (SSSR count). The molecule has 2 amide bonds. The van der Waals surface area contributed by atoms with E-state index in [1.165, 1.54) is 6.92 Å². The summed E-state index contributed by atoms with van der Waals surface area (Å²) in [4.78, 5) is 35.6. The molecule has 0 saturated heterocycles. The Balaban J connectivity index is 1.36. The van der Waals surface area contributed by atoms with Gasteiger partial charge in [-0.15, -0.1) is 0 Å². The van der Waals surface area contributed by atoms with Crippen LogP contribution >= 0.6 is 0 Å². The number of aliphatic carboxylic acids is 1. The number of alkyl carbamates (subject to hydrolysis) is 1. The third kappa shape index (κ3) is 4.71. The zero-order valence-corrected chi connectivity index (χ0v) is 17.3. The first-order valence-corrected chi connectivity index (χ1v) is 10.6. The predicted molar refractivity (Wildman–Crippen MR) is 115 cm³/mol. The highest BCUT2D eigenvalue weighted by atomic mass is 16.5. The number of hydrogen-bond donors (Lipinski definition) is 3. The standard InChI is InChI=1S/C24H26N2O5/c1-14(23(28)29)25-22(27)12-21(15-10-11-15)26-24(30)31-13-20-18-8-4-2-6-16(18)17-7-3-5-9-19(17)20/h2-9,14-15,20-21H,10-13H2,1H3,(H,25,27)(H,26,30)(H,28,29). The Kier molecular flexibility index (Phi) is 5.93. The summed E-state index contributed by atoms with van der Waals surface area (Å²) in [6.07, 6.45) is 1.33. The average molecular weight is 422 g/mol. The first kappa shape index (κ1) is 20.9. The summed E-state index contributed by atoms with van der Waals surface area (Å²) in [5.41, 5.74) is 4.59. The third-order valence-corrected chi connectivity index (χ3v) is 5.99. The summed E-state index contributed by atoms with van der Waals surface area (Å²) in [6, 6.07) is 14.9. The minimum Gasteiger partial charge on any atom is -0.480 e. The van der Waals surface area contributed by atoms with Gasteiger partial charge in [-0.3, -0.25) is 9.59 Å². The molecule has 0 radical (unpaired) electrons. The molecule has 31 heavy (non-hydrogen) atoms. The van der Waals surface area contributed by atoms with E-state index in [-0.39, 0.29) is 30.9 Å². The second-order valence-electron chi connectivity index (χ2n) is 8.25. The lowest BCUT2D eigenvalue weighted by Gasteiger charge is -2.20. The van der Waals surface area contributed by atoms with Crippen LogP contribution in [-0.2, 0) is 14.3 Å². The van der Waals surface area contributed by atoms with Crippen molar-refractivity contribution in [3.63, 3.8) is 0 Å². The Morgan fingerprint density at radius 2 is 1.58 bits per heavy atom. The maximum atomic E-state index is 12.5. The minimum absolute atomic E-state index is 0.0303. The SMILES string of the molecule is CC(NC(=O)CC(NC(=O)OCC1c2ccccc2-c2ccccc21)C1CC1)C(=O)O. The lowest BCUT2D eigenvalue weighted by molar-refractivity contribution is -0.141. The van der Waals surface area contributed by atoms with E-state index in [1.807, 2.05) is 24.3 Å². The number of carboxylic acids is 1. The molecule has 2 aliphatic rings. The molecule has 3 N–H and O–H groups in total. The van der Waals surface area contributed by atoms with Crippen LogP contribution < -0.4 is 10.6 Å². The lowest BCUT2D eigenvalue weighted by atomic mass is 9.98. The predicted octanol–water partition coefficient (Wildman–Crippen LogP) is 3.28. The van der Waals surface area contributed by atoms with Crippen LogP contribution in [-0.4, -0.2) is 41.8 Å². The number of ether oxygens (including phenoxy) is 1. The summed E-state index contributed by atoms with van der Waals surface area (Å²) in [5, 5.41) is 14.2. The number of fused-ring (bicyclic) bond motifs is 3. The summed E-state index contributed by atoms with van der Waals surface area (Å²) in [5.74, 6) is -1.31. The van der Waals surface area contributed by atoms with Crippen molar-refractivity contribution in [2.24, 2.45) is 5.92 Å². The number of carboxylic acid groups (broad SMARTS) is 1. The molecule has 0 aliphatic heterocycles. The molecule has 2 aromatic carbocycles. The van der Waals surface area contributed by atoms with Crippen LogP contribution in [0, 0.1) is 5.92 Å². The van der Waals surface area contributed by atoms with Crippen molar-refractivity contribution in [2.45, 2.75) is 44.2 Å². The molecule has 0 bridgehead atoms. The van der Waals surface area contributed by atoms with Gasteiger partial charge < -0.3 is 20.5 Å². The lowest BCUT2D eigenvalue weighted by Crippen LogP contribution is -2.44. The van der Waals surface area contributed by atoms with E-state index in [1.54, 1.807) is 0 Å². The largest absolute Gasteiger partial charge is 0.480 e. The maximum Gasteiger partial charge on any atom is 0.407 e. The van der Waals surface area contributed by atoms with Crippen molar-refractivity contribution < 1.29 is 24.2 Å². The molecule has 2 aromatic rings. The number of nitrogens with one attached hydrogen (secondary N) is 2. The van der Waals surface area contributed by atoms with Crippen LogP contribution in [0.3, 0.4) is 0 Å². The molecular formula is C24H26N2O5. The van der Waals surface area contributed by atoms with Gasteiger partial charge in [-0.1, -0.05) is 48.5 Å². The molecule has 2 atom stereocenters. The zero-order valence-electron chi connectivity index (χ0n) is 17.3. The van der Waals surface area contributed by atoms with Crippen LogP contribution in [0.4, 0.5) is 4.79 Å². The van der Waals surface area contributed by atoms with Crippen molar-refractivity contribution in [1.29, 1.82) is 0 Å². The first-order chi connectivity index (χ1) is 14.9. The Morgan fingerprint density at radius 3 is 2.13 bits per heavy atom. The monoisotopic (exact) mass is 422 g/mol. The third-order valence-electron chi connectivity index (χ3n) is 5.99. The number of amides is 2. The molecule has 1 saturated carbocycles. The summed E-state index contributed by atoms with van der Waals surface area (Å²) < 4.78 is 5.57. The first-order valence-electron chi connectivity index (χ1n) is 10.6. The summed E-state index contributed by atoms with van der Waals surface area (Å²) in [6.45, 7) is 1.62. The van der Waals surface area contributed by atoms with Crippen molar-refractivity contribution in [3.8, 4) is 11.1 Å². The number of rotatable bonds is 8. The number of benzene rings is 2. The maximum absolute atomic E-state index is 12.5. The molecular weight excluding hydrogens is 396 g/mol. The molecule has 7 nitrogen and oxygen atoms in total. The second kappa shape index (κ2) is 8.79. The Hall–Kier alpha value is -3.35. The van der Waals surface area contributed by atoms with E-state index in [0.717, 1.165) is 35.1 Å². The highest BCUT2D eigenvalue weighted by Gasteiger charge is 2.35. The Labute approximate surface area is 180 Å². The molecule has 7 heteroatoms. The van der Waals surface area contributed by atoms with E-state index in [4.69, 9.17) is 9.84 Å². The van der Waals surface area contributed by atoms with Gasteiger partial charge in [0.1, 0.15) is 12.6 Å². The van der Waals surface area contributed by atoms with Gasteiger partial charge in [0.05, 0.1) is 0 Å². The number of carbonyl (C=O) groups is 3. The van der Waals surface area contributed by atoms with Gasteiger partial charge in [0, 0.05) is 18.4 Å². The molecule has 2 unspecified atom stereocenters. The number of carbonyl (C=O) groups excluding carboxylic acids is 2. The zero-order chi connectivity index (χ0) is 22.0. The van der Waals surface area contributed by atoms with Crippen LogP contribution in [0.1, 0.15) is 43.2 Å². The van der Waals surface area contributed by atoms with Crippen LogP contribution in [0.25, 0.3) is 11.1 Å². The van der Waals surface area contributed by atoms with Crippen molar-refractivity contribution in [3.05, 3.63) is 59.7 Å². The highest BCUT2D eigenvalue weighted by molar-refractivity contribution is 5.84. The van der Waals surface area contributed by atoms with Crippen LogP contribution in [0.15, 0.2) is 48.5 Å². The van der Waals surface area contributed by atoms with Gasteiger partial charge in [-0.2, -0.15) is 0 Å². The van der Waals surface area contributed by atoms with Crippen molar-refractivity contribution in [2.75, 3.05) is 6.61 Å². The Bertz CT molecular complexity index is 955. The quantitative estimate of drug-likeness (QED) is 0.606. The van der Waals surface area contributed by atoms with Gasteiger partial charge in [-0.25, -0.2) is 4.79 Å². The van der Waals surface area contributed by atoms with Crippen molar-refractivity contribution >= 4 is 18.0 Å². The minimum atomic E-state index is -1.10. The van der Waals surface area contributed by atoms with E-state index in [2.05, 4.69) is 34.9 Å². The fraction of sp³-hybridized carbons (Fsp3) is 0.375. The van der Waals surface area contributed by atoms with Gasteiger partial charge in [0.2, 0.25) is 5.91 Å². The fourth-order valence-corrected chi connectivity index (χ4v) is 4.19. The number of hydrogen-bond acceptors (Lipinski definition) is 4. The Morgan fingerprint density at radius 1 is 1.00 bits per heavy atom. The van der Waals surface area contributed by atoms with Crippen molar-refractivity contribution in [1.82, 2.24) is 10.6 Å². The molecule has 2 aliphatic carbocycles. The molecule has 0 aromatic heterocycles. The highest BCUT2D eigenvalue weighted by Crippen LogP contribution is 2.44. The molecule has 162 valence electrons. The summed E-state index contributed by atoms with van der Waals surface area (Å²) in [7, 11) is 0. The smallest absolute Gasteiger partial charge is 0.407 e. The second-order valence-corrected chi connectivity index (χ2v) is 8.25. The van der Waals surface area contributed by atoms with Gasteiger partial charge in [0.25, 0.3) is 0 Å². The summed E-state index contributed by atoms with van der Waals surface area (Å²) >= 11 is 0. The van der Waals surface area contributed by atoms with Crippen LogP contribution in [0.2, 0.25) is 0 Å². The fourth-order valence-electron chi connectivity index (χ4n) is 4.19. The molecule has 0 heterocycles. The topological polar surface area (TPSA) is 105 Å². The molecule has 0 spiro atoms. The van der Waals surface area contributed by atoms with E-state index in [0.29, 0.717) is 0 Å². The van der Waals surface area contributed by atoms with Crippen LogP contribution in [0.5, 0.6) is 0 Å². The van der Waals surface area contributed by atoms with Gasteiger partial charge in [0.15, 0.2) is 0 Å².